The van der Waals surface area contributed by atoms with Crippen molar-refractivity contribution in [2.24, 2.45) is 5.41 Å². The highest BCUT2D eigenvalue weighted by Gasteiger charge is 2.42. The third kappa shape index (κ3) is 2.70. The lowest BCUT2D eigenvalue weighted by atomic mass is 9.86. The van der Waals surface area contributed by atoms with E-state index in [1.165, 1.54) is 12.1 Å². The molecule has 1 heterocycles. The van der Waals surface area contributed by atoms with Gasteiger partial charge in [0, 0.05) is 6.04 Å². The monoisotopic (exact) mass is 278 g/mol. The van der Waals surface area contributed by atoms with E-state index in [4.69, 9.17) is 0 Å². The molecule has 1 aliphatic rings. The molecular weight excluding hydrogens is 255 g/mol. The molecule has 1 amide bonds. The maximum atomic E-state index is 13.4. The minimum Gasteiger partial charge on any atom is -0.318 e. The maximum absolute atomic E-state index is 13.4. The van der Waals surface area contributed by atoms with Crippen molar-refractivity contribution in [2.45, 2.75) is 52.9 Å². The number of rotatable bonds is 2. The van der Waals surface area contributed by atoms with Gasteiger partial charge in [-0.05, 0) is 37.0 Å². The van der Waals surface area contributed by atoms with E-state index in [1.54, 1.807) is 6.07 Å². The fourth-order valence-electron chi connectivity index (χ4n) is 2.50. The second-order valence-electron chi connectivity index (χ2n) is 6.63. The minimum atomic E-state index is -0.278. The molecule has 3 atom stereocenters. The standard InChI is InChI=1S/C16H23FN2O/c1-10-15(20)19(11(2)16(3,4)5)14(18-10)12-7-6-8-13(17)9-12/h6-11,14,18H,1-5H3. The van der Waals surface area contributed by atoms with E-state index in [0.29, 0.717) is 0 Å². The zero-order valence-corrected chi connectivity index (χ0v) is 12.8. The van der Waals surface area contributed by atoms with Gasteiger partial charge in [-0.15, -0.1) is 0 Å². The molecule has 0 radical (unpaired) electrons. The summed E-state index contributed by atoms with van der Waals surface area (Å²) in [7, 11) is 0. The fourth-order valence-corrected chi connectivity index (χ4v) is 2.50. The number of benzene rings is 1. The van der Waals surface area contributed by atoms with E-state index in [1.807, 2.05) is 24.8 Å². The molecule has 0 spiro atoms. The molecule has 2 rings (SSSR count). The van der Waals surface area contributed by atoms with Gasteiger partial charge in [0.15, 0.2) is 0 Å². The Kier molecular flexibility index (Phi) is 3.87. The van der Waals surface area contributed by atoms with E-state index in [-0.39, 0.29) is 35.4 Å². The molecule has 3 nitrogen and oxygen atoms in total. The molecule has 1 N–H and O–H groups in total. The average Bonchev–Trinajstić information content (AvgIpc) is 2.64. The molecule has 0 saturated carbocycles. The number of carbonyl (C=O) groups is 1. The number of nitrogens with zero attached hydrogens (tertiary/aromatic N) is 1. The topological polar surface area (TPSA) is 32.3 Å². The molecule has 1 saturated heterocycles. The predicted molar refractivity (Wildman–Crippen MR) is 77.5 cm³/mol. The lowest BCUT2D eigenvalue weighted by molar-refractivity contribution is -0.134. The zero-order chi connectivity index (χ0) is 15.1. The summed E-state index contributed by atoms with van der Waals surface area (Å²) in [6.07, 6.45) is -0.262. The largest absolute Gasteiger partial charge is 0.318 e. The Bertz CT molecular complexity index is 509. The van der Waals surface area contributed by atoms with Crippen molar-refractivity contribution >= 4 is 5.91 Å². The van der Waals surface area contributed by atoms with Crippen LogP contribution in [0.5, 0.6) is 0 Å². The SMILES string of the molecule is CC1NC(c2cccc(F)c2)N(C(C)C(C)(C)C)C1=O. The van der Waals surface area contributed by atoms with Crippen LogP contribution in [0.25, 0.3) is 0 Å². The third-order valence-electron chi connectivity index (χ3n) is 4.15. The first-order valence-electron chi connectivity index (χ1n) is 7.05. The van der Waals surface area contributed by atoms with E-state index in [2.05, 4.69) is 26.1 Å². The zero-order valence-electron chi connectivity index (χ0n) is 12.8. The number of hydrogen-bond acceptors (Lipinski definition) is 2. The minimum absolute atomic E-state index is 0.0347. The molecule has 4 heteroatoms. The second-order valence-corrected chi connectivity index (χ2v) is 6.63. The van der Waals surface area contributed by atoms with Crippen LogP contribution >= 0.6 is 0 Å². The van der Waals surface area contributed by atoms with Crippen LogP contribution in [0.2, 0.25) is 0 Å². The Labute approximate surface area is 120 Å². The molecule has 1 aromatic rings. The van der Waals surface area contributed by atoms with Crippen LogP contribution in [0.1, 0.15) is 46.3 Å². The Morgan fingerprint density at radius 2 is 2.00 bits per heavy atom. The molecule has 20 heavy (non-hydrogen) atoms. The first kappa shape index (κ1) is 15.0. The lowest BCUT2D eigenvalue weighted by Gasteiger charge is -2.38. The van der Waals surface area contributed by atoms with Gasteiger partial charge in [-0.25, -0.2) is 4.39 Å². The Morgan fingerprint density at radius 3 is 2.55 bits per heavy atom. The average molecular weight is 278 g/mol. The first-order chi connectivity index (χ1) is 9.21. The summed E-state index contributed by atoms with van der Waals surface area (Å²) < 4.78 is 13.4. The maximum Gasteiger partial charge on any atom is 0.241 e. The normalized spacial score (nSPS) is 25.1. The van der Waals surface area contributed by atoms with Gasteiger partial charge in [0.25, 0.3) is 0 Å². The predicted octanol–water partition coefficient (Wildman–Crippen LogP) is 3.08. The Balaban J connectivity index is 2.38. The molecule has 110 valence electrons. The summed E-state index contributed by atoms with van der Waals surface area (Å²) in [5.74, 6) is -0.207. The lowest BCUT2D eigenvalue weighted by Crippen LogP contribution is -2.45. The van der Waals surface area contributed by atoms with E-state index >= 15 is 0 Å². The quantitative estimate of drug-likeness (QED) is 0.901. The molecule has 1 aromatic carbocycles. The molecule has 0 aliphatic carbocycles. The number of hydrogen-bond donors (Lipinski definition) is 1. The molecular formula is C16H23FN2O. The van der Waals surface area contributed by atoms with Crippen molar-refractivity contribution in [3.8, 4) is 0 Å². The van der Waals surface area contributed by atoms with Crippen molar-refractivity contribution in [3.05, 3.63) is 35.6 Å². The summed E-state index contributed by atoms with van der Waals surface area (Å²) in [5, 5.41) is 3.26. The van der Waals surface area contributed by atoms with Crippen LogP contribution in [0, 0.1) is 11.2 Å². The Hall–Kier alpha value is -1.42. The van der Waals surface area contributed by atoms with Crippen molar-refractivity contribution < 1.29 is 9.18 Å². The van der Waals surface area contributed by atoms with Crippen LogP contribution in [0.15, 0.2) is 24.3 Å². The highest BCUT2D eigenvalue weighted by molar-refractivity contribution is 5.84. The smallest absolute Gasteiger partial charge is 0.241 e. The third-order valence-corrected chi connectivity index (χ3v) is 4.15. The van der Waals surface area contributed by atoms with E-state index in [9.17, 15) is 9.18 Å². The van der Waals surface area contributed by atoms with Crippen molar-refractivity contribution in [2.75, 3.05) is 0 Å². The summed E-state index contributed by atoms with van der Waals surface area (Å²) in [6, 6.07) is 6.26. The number of nitrogens with one attached hydrogen (secondary N) is 1. The highest BCUT2D eigenvalue weighted by Crippen LogP contribution is 2.34. The van der Waals surface area contributed by atoms with Gasteiger partial charge in [0.05, 0.1) is 6.04 Å². The molecule has 3 unspecified atom stereocenters. The van der Waals surface area contributed by atoms with Gasteiger partial charge in [0.2, 0.25) is 5.91 Å². The van der Waals surface area contributed by atoms with Crippen LogP contribution in [-0.2, 0) is 4.79 Å². The summed E-state index contributed by atoms with van der Waals surface area (Å²) in [6.45, 7) is 10.2. The van der Waals surface area contributed by atoms with Crippen molar-refractivity contribution in [1.29, 1.82) is 0 Å². The van der Waals surface area contributed by atoms with Gasteiger partial charge < -0.3 is 4.90 Å². The molecule has 1 fully saturated rings. The number of carbonyl (C=O) groups excluding carboxylic acids is 1. The van der Waals surface area contributed by atoms with Crippen LogP contribution in [0.4, 0.5) is 4.39 Å². The number of amides is 1. The summed E-state index contributed by atoms with van der Waals surface area (Å²) >= 11 is 0. The van der Waals surface area contributed by atoms with Crippen LogP contribution in [0.3, 0.4) is 0 Å². The highest BCUT2D eigenvalue weighted by atomic mass is 19.1. The van der Waals surface area contributed by atoms with E-state index in [0.717, 1.165) is 5.56 Å². The molecule has 0 aromatic heterocycles. The van der Waals surface area contributed by atoms with E-state index < -0.39 is 0 Å². The summed E-state index contributed by atoms with van der Waals surface area (Å²) in [4.78, 5) is 14.3. The van der Waals surface area contributed by atoms with Gasteiger partial charge in [0.1, 0.15) is 12.0 Å². The van der Waals surface area contributed by atoms with Crippen LogP contribution in [-0.4, -0.2) is 22.9 Å². The fraction of sp³-hybridized carbons (Fsp3) is 0.562. The van der Waals surface area contributed by atoms with Crippen molar-refractivity contribution in [1.82, 2.24) is 10.2 Å². The number of halogens is 1. The molecule has 1 aliphatic heterocycles. The second kappa shape index (κ2) is 5.17. The molecule has 0 bridgehead atoms. The van der Waals surface area contributed by atoms with Crippen LogP contribution < -0.4 is 5.32 Å². The van der Waals surface area contributed by atoms with Gasteiger partial charge in [-0.1, -0.05) is 32.9 Å². The summed E-state index contributed by atoms with van der Waals surface area (Å²) in [5.41, 5.74) is 0.756. The Morgan fingerprint density at radius 1 is 1.35 bits per heavy atom. The first-order valence-corrected chi connectivity index (χ1v) is 7.05. The van der Waals surface area contributed by atoms with Gasteiger partial charge >= 0.3 is 0 Å². The van der Waals surface area contributed by atoms with Gasteiger partial charge in [-0.2, -0.15) is 0 Å². The van der Waals surface area contributed by atoms with Gasteiger partial charge in [-0.3, -0.25) is 10.1 Å². The van der Waals surface area contributed by atoms with Crippen molar-refractivity contribution in [3.63, 3.8) is 0 Å².